The van der Waals surface area contributed by atoms with Crippen molar-refractivity contribution in [3.63, 3.8) is 0 Å². The molecule has 0 fully saturated rings. The van der Waals surface area contributed by atoms with Crippen molar-refractivity contribution in [3.8, 4) is 11.5 Å². The molecule has 2 nitrogen and oxygen atoms in total. The van der Waals surface area contributed by atoms with Gasteiger partial charge in [0.1, 0.15) is 11.5 Å². The van der Waals surface area contributed by atoms with Crippen LogP contribution in [0.5, 0.6) is 11.5 Å². The molecule has 0 aliphatic carbocycles. The smallest absolute Gasteiger partial charge is 0.131 e. The van der Waals surface area contributed by atoms with Crippen LogP contribution in [0.2, 0.25) is 0 Å². The minimum absolute atomic E-state index is 0.00128. The Balaban J connectivity index is 2.34. The highest BCUT2D eigenvalue weighted by molar-refractivity contribution is 9.10. The summed E-state index contributed by atoms with van der Waals surface area (Å²) in [7, 11) is 0. The predicted octanol–water partition coefficient (Wildman–Crippen LogP) is 5.69. The predicted molar refractivity (Wildman–Crippen MR) is 92.1 cm³/mol. The van der Waals surface area contributed by atoms with E-state index in [1.807, 2.05) is 25.1 Å². The fraction of sp³-hybridized carbons (Fsp3) is 0.333. The molecular formula is C18H22BrNO. The molecule has 2 aromatic carbocycles. The maximum Gasteiger partial charge on any atom is 0.131 e. The van der Waals surface area contributed by atoms with Crippen LogP contribution in [0.4, 0.5) is 0 Å². The van der Waals surface area contributed by atoms with Gasteiger partial charge in [-0.05, 0) is 54.7 Å². The Morgan fingerprint density at radius 3 is 2.24 bits per heavy atom. The average Bonchev–Trinajstić information content (AvgIpc) is 2.37. The van der Waals surface area contributed by atoms with Crippen molar-refractivity contribution in [1.29, 1.82) is 0 Å². The zero-order valence-corrected chi connectivity index (χ0v) is 14.6. The maximum atomic E-state index is 6.10. The summed E-state index contributed by atoms with van der Waals surface area (Å²) in [6.45, 7) is 8.39. The van der Waals surface area contributed by atoms with Crippen molar-refractivity contribution in [2.75, 3.05) is 0 Å². The molecule has 0 spiro atoms. The summed E-state index contributed by atoms with van der Waals surface area (Å²) in [6, 6.07) is 12.3. The highest BCUT2D eigenvalue weighted by Crippen LogP contribution is 2.34. The third-order valence-corrected chi connectivity index (χ3v) is 4.17. The summed E-state index contributed by atoms with van der Waals surface area (Å²) >= 11 is 3.56. The molecule has 0 unspecified atom stereocenters. The molecule has 21 heavy (non-hydrogen) atoms. The molecular weight excluding hydrogens is 326 g/mol. The highest BCUT2D eigenvalue weighted by Gasteiger charge is 2.11. The second-order valence-electron chi connectivity index (χ2n) is 5.77. The van der Waals surface area contributed by atoms with Gasteiger partial charge >= 0.3 is 0 Å². The molecule has 112 valence electrons. The lowest BCUT2D eigenvalue weighted by atomic mass is 10.0. The SMILES string of the molecule is Cc1ccc(C(C)C)c(Oc2ccc([C@H](C)N)c(Br)c2)c1. The van der Waals surface area contributed by atoms with E-state index in [0.29, 0.717) is 5.92 Å². The number of benzene rings is 2. The largest absolute Gasteiger partial charge is 0.457 e. The number of aryl methyl sites for hydroxylation is 1. The summed E-state index contributed by atoms with van der Waals surface area (Å²) in [5, 5.41) is 0. The molecule has 0 saturated carbocycles. The van der Waals surface area contributed by atoms with Crippen molar-refractivity contribution in [1.82, 2.24) is 0 Å². The first kappa shape index (κ1) is 16.1. The molecule has 0 aliphatic rings. The third-order valence-electron chi connectivity index (χ3n) is 3.48. The van der Waals surface area contributed by atoms with Crippen molar-refractivity contribution < 1.29 is 4.74 Å². The molecule has 2 rings (SSSR count). The fourth-order valence-corrected chi connectivity index (χ4v) is 2.99. The van der Waals surface area contributed by atoms with Crippen molar-refractivity contribution in [2.24, 2.45) is 5.73 Å². The normalized spacial score (nSPS) is 12.5. The lowest BCUT2D eigenvalue weighted by molar-refractivity contribution is 0.472. The Hall–Kier alpha value is -1.32. The van der Waals surface area contributed by atoms with Gasteiger partial charge < -0.3 is 10.5 Å². The summed E-state index contributed by atoms with van der Waals surface area (Å²) in [4.78, 5) is 0. The van der Waals surface area contributed by atoms with E-state index < -0.39 is 0 Å². The molecule has 3 heteroatoms. The Bertz CT molecular complexity index is 635. The van der Waals surface area contributed by atoms with Gasteiger partial charge in [-0.2, -0.15) is 0 Å². The third kappa shape index (κ3) is 3.86. The van der Waals surface area contributed by atoms with Gasteiger partial charge in [-0.25, -0.2) is 0 Å². The standard InChI is InChI=1S/C18H22BrNO/c1-11(2)15-7-5-12(3)9-18(15)21-14-6-8-16(13(4)20)17(19)10-14/h5-11,13H,20H2,1-4H3/t13-/m0/s1. The van der Waals surface area contributed by atoms with Crippen LogP contribution in [-0.4, -0.2) is 0 Å². The van der Waals surface area contributed by atoms with E-state index in [1.165, 1.54) is 11.1 Å². The molecule has 0 heterocycles. The summed E-state index contributed by atoms with van der Waals surface area (Å²) in [5.41, 5.74) is 9.42. The Kier molecular flexibility index (Phi) is 5.07. The van der Waals surface area contributed by atoms with Gasteiger partial charge in [0.15, 0.2) is 0 Å². The first-order chi connectivity index (χ1) is 9.88. The maximum absolute atomic E-state index is 6.10. The van der Waals surface area contributed by atoms with Crippen molar-refractivity contribution in [2.45, 2.75) is 39.7 Å². The Morgan fingerprint density at radius 2 is 1.67 bits per heavy atom. The van der Waals surface area contributed by atoms with Crippen LogP contribution >= 0.6 is 15.9 Å². The first-order valence-corrected chi connectivity index (χ1v) is 8.01. The van der Waals surface area contributed by atoms with E-state index in [-0.39, 0.29) is 6.04 Å². The monoisotopic (exact) mass is 347 g/mol. The van der Waals surface area contributed by atoms with Crippen LogP contribution in [0.25, 0.3) is 0 Å². The number of nitrogens with two attached hydrogens (primary N) is 1. The van der Waals surface area contributed by atoms with Gasteiger partial charge in [-0.1, -0.05) is 48.0 Å². The molecule has 0 aromatic heterocycles. The van der Waals surface area contributed by atoms with Gasteiger partial charge in [0, 0.05) is 10.5 Å². The lowest BCUT2D eigenvalue weighted by Gasteiger charge is -2.16. The quantitative estimate of drug-likeness (QED) is 0.770. The van der Waals surface area contributed by atoms with Gasteiger partial charge in [-0.3, -0.25) is 0 Å². The van der Waals surface area contributed by atoms with E-state index in [0.717, 1.165) is 21.5 Å². The minimum Gasteiger partial charge on any atom is -0.457 e. The van der Waals surface area contributed by atoms with E-state index >= 15 is 0 Å². The van der Waals surface area contributed by atoms with Gasteiger partial charge in [-0.15, -0.1) is 0 Å². The molecule has 2 N–H and O–H groups in total. The second-order valence-corrected chi connectivity index (χ2v) is 6.62. The zero-order chi connectivity index (χ0) is 15.6. The summed E-state index contributed by atoms with van der Waals surface area (Å²) in [6.07, 6.45) is 0. The number of hydrogen-bond donors (Lipinski definition) is 1. The second kappa shape index (κ2) is 6.63. The fourth-order valence-electron chi connectivity index (χ4n) is 2.27. The number of ether oxygens (including phenoxy) is 1. The van der Waals surface area contributed by atoms with Gasteiger partial charge in [0.2, 0.25) is 0 Å². The van der Waals surface area contributed by atoms with Crippen LogP contribution in [-0.2, 0) is 0 Å². The zero-order valence-electron chi connectivity index (χ0n) is 13.0. The molecule has 0 aliphatic heterocycles. The topological polar surface area (TPSA) is 35.2 Å². The van der Waals surface area contributed by atoms with E-state index in [2.05, 4.69) is 54.9 Å². The van der Waals surface area contributed by atoms with Crippen LogP contribution in [0.15, 0.2) is 40.9 Å². The van der Waals surface area contributed by atoms with Crippen molar-refractivity contribution in [3.05, 3.63) is 57.6 Å². The van der Waals surface area contributed by atoms with E-state index in [9.17, 15) is 0 Å². The average molecular weight is 348 g/mol. The summed E-state index contributed by atoms with van der Waals surface area (Å²) < 4.78 is 7.08. The Morgan fingerprint density at radius 1 is 1.00 bits per heavy atom. The molecule has 0 saturated heterocycles. The molecule has 0 amide bonds. The number of halogens is 1. The number of rotatable bonds is 4. The molecule has 1 atom stereocenters. The highest BCUT2D eigenvalue weighted by atomic mass is 79.9. The van der Waals surface area contributed by atoms with E-state index in [4.69, 9.17) is 10.5 Å². The number of hydrogen-bond acceptors (Lipinski definition) is 2. The van der Waals surface area contributed by atoms with Crippen LogP contribution in [0.3, 0.4) is 0 Å². The van der Waals surface area contributed by atoms with Gasteiger partial charge in [0.05, 0.1) is 0 Å². The summed E-state index contributed by atoms with van der Waals surface area (Å²) in [5.74, 6) is 2.16. The van der Waals surface area contributed by atoms with Crippen LogP contribution in [0.1, 0.15) is 49.4 Å². The lowest BCUT2D eigenvalue weighted by Crippen LogP contribution is -2.05. The van der Waals surface area contributed by atoms with Crippen LogP contribution < -0.4 is 10.5 Å². The van der Waals surface area contributed by atoms with Crippen LogP contribution in [0, 0.1) is 6.92 Å². The van der Waals surface area contributed by atoms with E-state index in [1.54, 1.807) is 0 Å². The molecule has 2 aromatic rings. The van der Waals surface area contributed by atoms with Crippen molar-refractivity contribution >= 4 is 15.9 Å². The van der Waals surface area contributed by atoms with Gasteiger partial charge in [0.25, 0.3) is 0 Å². The Labute approximate surface area is 135 Å². The molecule has 0 bridgehead atoms. The first-order valence-electron chi connectivity index (χ1n) is 7.22. The molecule has 0 radical (unpaired) electrons. The minimum atomic E-state index is -0.00128.